The second-order valence-corrected chi connectivity index (χ2v) is 3.66. The molecule has 0 amide bonds. The predicted molar refractivity (Wildman–Crippen MR) is 65.5 cm³/mol. The quantitative estimate of drug-likeness (QED) is 0.911. The summed E-state index contributed by atoms with van der Waals surface area (Å²) in [6.45, 7) is -2.86. The van der Waals surface area contributed by atoms with E-state index in [1.807, 2.05) is 0 Å². The number of carboxylic acid groups (broad SMARTS) is 1. The van der Waals surface area contributed by atoms with E-state index in [0.29, 0.717) is 5.56 Å². The van der Waals surface area contributed by atoms with Gasteiger partial charge >= 0.3 is 12.6 Å². The number of carboxylic acids is 1. The molecule has 5 nitrogen and oxygen atoms in total. The van der Waals surface area contributed by atoms with Gasteiger partial charge in [0.05, 0.1) is 0 Å². The van der Waals surface area contributed by atoms with Crippen LogP contribution in [0.15, 0.2) is 34.9 Å². The number of carbonyl (C=O) groups is 1. The third-order valence-corrected chi connectivity index (χ3v) is 2.26. The molecule has 0 unspecified atom stereocenters. The maximum Gasteiger partial charge on any atom is 0.387 e. The van der Waals surface area contributed by atoms with Crippen molar-refractivity contribution in [3.05, 3.63) is 47.7 Å². The molecule has 0 spiro atoms. The van der Waals surface area contributed by atoms with Gasteiger partial charge in [0, 0.05) is 6.08 Å². The van der Waals surface area contributed by atoms with E-state index in [1.165, 1.54) is 18.2 Å². The van der Waals surface area contributed by atoms with Crippen LogP contribution in [0.4, 0.5) is 8.78 Å². The van der Waals surface area contributed by atoms with E-state index < -0.39 is 12.6 Å². The monoisotopic (exact) mass is 281 g/mol. The number of ether oxygens (including phenoxy) is 1. The number of halogens is 2. The first-order valence-electron chi connectivity index (χ1n) is 5.46. The number of oxazole rings is 1. The molecule has 0 bridgehead atoms. The SMILES string of the molecule is O=C(O)c1coc(/C=C/c2ccc(OC(F)F)cc2)n1. The van der Waals surface area contributed by atoms with Gasteiger partial charge in [0.15, 0.2) is 5.69 Å². The van der Waals surface area contributed by atoms with Crippen LogP contribution in [-0.4, -0.2) is 22.7 Å². The molecule has 0 aliphatic heterocycles. The fourth-order valence-electron chi connectivity index (χ4n) is 1.39. The summed E-state index contributed by atoms with van der Waals surface area (Å²) in [7, 11) is 0. The molecule has 0 atom stereocenters. The van der Waals surface area contributed by atoms with E-state index in [-0.39, 0.29) is 17.3 Å². The Bertz CT molecular complexity index is 620. The highest BCUT2D eigenvalue weighted by Crippen LogP contribution is 2.16. The fourth-order valence-corrected chi connectivity index (χ4v) is 1.39. The maximum absolute atomic E-state index is 12.0. The molecule has 0 saturated heterocycles. The molecule has 104 valence electrons. The van der Waals surface area contributed by atoms with Crippen LogP contribution < -0.4 is 4.74 Å². The van der Waals surface area contributed by atoms with Gasteiger partial charge in [-0.15, -0.1) is 0 Å². The molecule has 1 N–H and O–H groups in total. The van der Waals surface area contributed by atoms with Crippen molar-refractivity contribution in [2.24, 2.45) is 0 Å². The van der Waals surface area contributed by atoms with Crippen molar-refractivity contribution < 1.29 is 27.8 Å². The van der Waals surface area contributed by atoms with Crippen LogP contribution in [0, 0.1) is 0 Å². The lowest BCUT2D eigenvalue weighted by atomic mass is 10.2. The lowest BCUT2D eigenvalue weighted by molar-refractivity contribution is -0.0498. The van der Waals surface area contributed by atoms with Gasteiger partial charge in [-0.1, -0.05) is 12.1 Å². The summed E-state index contributed by atoms with van der Waals surface area (Å²) in [6.07, 6.45) is 4.10. The van der Waals surface area contributed by atoms with Crippen molar-refractivity contribution in [3.63, 3.8) is 0 Å². The lowest BCUT2D eigenvalue weighted by Crippen LogP contribution is -2.01. The number of hydrogen-bond donors (Lipinski definition) is 1. The fraction of sp³-hybridized carbons (Fsp3) is 0.0769. The molecule has 2 rings (SSSR count). The summed E-state index contributed by atoms with van der Waals surface area (Å²) in [4.78, 5) is 14.3. The third kappa shape index (κ3) is 3.64. The maximum atomic E-state index is 12.0. The van der Waals surface area contributed by atoms with E-state index in [2.05, 4.69) is 9.72 Å². The van der Waals surface area contributed by atoms with Crippen molar-refractivity contribution in [3.8, 4) is 5.75 Å². The first-order valence-corrected chi connectivity index (χ1v) is 5.46. The molecule has 0 radical (unpaired) electrons. The molecule has 0 fully saturated rings. The molecule has 1 heterocycles. The van der Waals surface area contributed by atoms with Crippen molar-refractivity contribution in [1.82, 2.24) is 4.98 Å². The molecule has 2 aromatic rings. The van der Waals surface area contributed by atoms with Gasteiger partial charge in [-0.2, -0.15) is 8.78 Å². The van der Waals surface area contributed by atoms with Crippen molar-refractivity contribution >= 4 is 18.1 Å². The van der Waals surface area contributed by atoms with Crippen molar-refractivity contribution in [2.45, 2.75) is 6.61 Å². The number of hydrogen-bond acceptors (Lipinski definition) is 4. The normalized spacial score (nSPS) is 11.2. The molecule has 1 aromatic heterocycles. The molecule has 0 saturated carbocycles. The lowest BCUT2D eigenvalue weighted by Gasteiger charge is -2.03. The highest BCUT2D eigenvalue weighted by Gasteiger charge is 2.08. The number of nitrogens with zero attached hydrogens (tertiary/aromatic N) is 1. The average molecular weight is 281 g/mol. The first-order chi connectivity index (χ1) is 9.54. The Hall–Kier alpha value is -2.70. The summed E-state index contributed by atoms with van der Waals surface area (Å²) in [5, 5.41) is 8.66. The summed E-state index contributed by atoms with van der Waals surface area (Å²) in [5.41, 5.74) is 0.507. The van der Waals surface area contributed by atoms with Gasteiger partial charge in [0.25, 0.3) is 0 Å². The Balaban J connectivity index is 2.05. The summed E-state index contributed by atoms with van der Waals surface area (Å²) < 4.78 is 33.0. The van der Waals surface area contributed by atoms with Gasteiger partial charge in [-0.3, -0.25) is 0 Å². The molecule has 20 heavy (non-hydrogen) atoms. The van der Waals surface area contributed by atoms with Crippen LogP contribution in [0.2, 0.25) is 0 Å². The Kier molecular flexibility index (Phi) is 4.09. The zero-order valence-corrected chi connectivity index (χ0v) is 9.99. The molecular formula is C13H9F2NO4. The molecule has 7 heteroatoms. The summed E-state index contributed by atoms with van der Waals surface area (Å²) in [5.74, 6) is -0.987. The summed E-state index contributed by atoms with van der Waals surface area (Å²) in [6, 6.07) is 5.92. The van der Waals surface area contributed by atoms with Gasteiger partial charge in [-0.25, -0.2) is 9.78 Å². The van der Waals surface area contributed by atoms with E-state index in [9.17, 15) is 13.6 Å². The average Bonchev–Trinajstić information content (AvgIpc) is 2.86. The molecule has 1 aromatic carbocycles. The van der Waals surface area contributed by atoms with Crippen molar-refractivity contribution in [2.75, 3.05) is 0 Å². The minimum absolute atomic E-state index is 0.0569. The summed E-state index contributed by atoms with van der Waals surface area (Å²) >= 11 is 0. The zero-order chi connectivity index (χ0) is 14.5. The topological polar surface area (TPSA) is 72.6 Å². The van der Waals surface area contributed by atoms with E-state index in [1.54, 1.807) is 18.2 Å². The van der Waals surface area contributed by atoms with Crippen LogP contribution in [0.3, 0.4) is 0 Å². The Morgan fingerprint density at radius 2 is 2.00 bits per heavy atom. The van der Waals surface area contributed by atoms with Crippen LogP contribution in [0.25, 0.3) is 12.2 Å². The molecule has 0 aliphatic rings. The third-order valence-electron chi connectivity index (χ3n) is 2.26. The molecular weight excluding hydrogens is 272 g/mol. The second kappa shape index (κ2) is 5.96. The Morgan fingerprint density at radius 1 is 1.30 bits per heavy atom. The number of benzene rings is 1. The number of alkyl halides is 2. The zero-order valence-electron chi connectivity index (χ0n) is 9.99. The number of aromatic nitrogens is 1. The van der Waals surface area contributed by atoms with Gasteiger partial charge in [0.2, 0.25) is 5.89 Å². The molecule has 0 aliphatic carbocycles. The van der Waals surface area contributed by atoms with Crippen molar-refractivity contribution in [1.29, 1.82) is 0 Å². The van der Waals surface area contributed by atoms with Gasteiger partial charge in [-0.05, 0) is 23.8 Å². The highest BCUT2D eigenvalue weighted by atomic mass is 19.3. The standard InChI is InChI=1S/C13H9F2NO4/c14-13(15)20-9-4-1-8(2-5-9)3-6-11-16-10(7-19-11)12(17)18/h1-7,13H,(H,17,18)/b6-3+. The second-order valence-electron chi connectivity index (χ2n) is 3.66. The minimum atomic E-state index is -2.86. The Morgan fingerprint density at radius 3 is 2.55 bits per heavy atom. The van der Waals surface area contributed by atoms with E-state index >= 15 is 0 Å². The van der Waals surface area contributed by atoms with Crippen LogP contribution in [0.1, 0.15) is 21.9 Å². The number of aromatic carboxylic acids is 1. The van der Waals surface area contributed by atoms with Gasteiger partial charge < -0.3 is 14.3 Å². The minimum Gasteiger partial charge on any atom is -0.476 e. The van der Waals surface area contributed by atoms with Crippen LogP contribution >= 0.6 is 0 Å². The highest BCUT2D eigenvalue weighted by molar-refractivity contribution is 5.85. The number of rotatable bonds is 5. The smallest absolute Gasteiger partial charge is 0.387 e. The Labute approximate surface area is 112 Å². The van der Waals surface area contributed by atoms with E-state index in [4.69, 9.17) is 9.52 Å². The first kappa shape index (κ1) is 13.7. The van der Waals surface area contributed by atoms with E-state index in [0.717, 1.165) is 6.26 Å². The largest absolute Gasteiger partial charge is 0.476 e. The van der Waals surface area contributed by atoms with Crippen LogP contribution in [-0.2, 0) is 0 Å². The van der Waals surface area contributed by atoms with Crippen LogP contribution in [0.5, 0.6) is 5.75 Å². The predicted octanol–water partition coefficient (Wildman–Crippen LogP) is 3.14. The van der Waals surface area contributed by atoms with Gasteiger partial charge in [0.1, 0.15) is 12.0 Å².